The minimum absolute atomic E-state index is 0.138. The number of nitrogens with zero attached hydrogens (tertiary/aromatic N) is 2. The van der Waals surface area contributed by atoms with Crippen molar-refractivity contribution in [2.24, 2.45) is 10.1 Å². The Labute approximate surface area is 128 Å². The summed E-state index contributed by atoms with van der Waals surface area (Å²) in [6.07, 6.45) is 0. The molecule has 20 heavy (non-hydrogen) atoms. The number of amides is 1. The molecular formula is C11H11IN4O3S. The van der Waals surface area contributed by atoms with E-state index in [1.807, 2.05) is 0 Å². The third-order valence-electron chi connectivity index (χ3n) is 2.56. The maximum absolute atomic E-state index is 12.0. The van der Waals surface area contributed by atoms with Crippen molar-refractivity contribution >= 4 is 39.7 Å². The summed E-state index contributed by atoms with van der Waals surface area (Å²) in [5.41, 5.74) is 0.666. The molecular weight excluding hydrogens is 395 g/mol. The lowest BCUT2D eigenvalue weighted by Gasteiger charge is -2.22. The Hall–Kier alpha value is -1.46. The highest BCUT2D eigenvalue weighted by atomic mass is 127. The summed E-state index contributed by atoms with van der Waals surface area (Å²) < 4.78 is 0. The molecule has 0 spiro atoms. The first-order valence-corrected chi connectivity index (χ1v) is 9.69. The van der Waals surface area contributed by atoms with Crippen LogP contribution in [-0.2, 0) is 0 Å². The summed E-state index contributed by atoms with van der Waals surface area (Å²) in [5, 5.41) is 19.6. The first-order valence-electron chi connectivity index (χ1n) is 5.45. The lowest BCUT2D eigenvalue weighted by Crippen LogP contribution is -2.34. The summed E-state index contributed by atoms with van der Waals surface area (Å²) in [5.74, 6) is -0.388. The lowest BCUT2D eigenvalue weighted by molar-refractivity contribution is -0.411. The van der Waals surface area contributed by atoms with E-state index in [4.69, 9.17) is 5.14 Å². The number of aliphatic imine (C=N–C) groups is 1. The average Bonchev–Trinajstić information content (AvgIpc) is 2.60. The zero-order chi connectivity index (χ0) is 14.9. The number of carbonyl (C=O) groups excluding carboxylic acids is 1. The van der Waals surface area contributed by atoms with Crippen LogP contribution in [0.5, 0.6) is 0 Å². The van der Waals surface area contributed by atoms with E-state index in [2.05, 4.69) is 10.3 Å². The zero-order valence-electron chi connectivity index (χ0n) is 10.4. The predicted molar refractivity (Wildman–Crippen MR) is 86.8 cm³/mol. The van der Waals surface area contributed by atoms with Crippen LogP contribution in [0.15, 0.2) is 46.1 Å². The highest BCUT2D eigenvalue weighted by Crippen LogP contribution is 2.61. The molecule has 1 aliphatic rings. The number of carbonyl (C=O) groups is 1. The molecule has 1 aromatic carbocycles. The molecule has 1 aliphatic heterocycles. The molecule has 0 bridgehead atoms. The highest BCUT2D eigenvalue weighted by molar-refractivity contribution is 14.2. The van der Waals surface area contributed by atoms with E-state index in [0.717, 1.165) is 0 Å². The molecule has 7 nitrogen and oxygen atoms in total. The van der Waals surface area contributed by atoms with Crippen molar-refractivity contribution < 1.29 is 9.72 Å². The Morgan fingerprint density at radius 1 is 1.45 bits per heavy atom. The van der Waals surface area contributed by atoms with Crippen LogP contribution in [0.3, 0.4) is 0 Å². The fourth-order valence-corrected chi connectivity index (χ4v) is 5.13. The van der Waals surface area contributed by atoms with Gasteiger partial charge in [-0.3, -0.25) is 20.0 Å². The molecule has 0 saturated carbocycles. The van der Waals surface area contributed by atoms with Gasteiger partial charge in [0.2, 0.25) is 0 Å². The van der Waals surface area contributed by atoms with Crippen LogP contribution in [0.4, 0.5) is 0 Å². The zero-order valence-corrected chi connectivity index (χ0v) is 13.3. The second-order valence-electron chi connectivity index (χ2n) is 3.97. The van der Waals surface area contributed by atoms with Crippen molar-refractivity contribution in [1.82, 2.24) is 5.32 Å². The van der Waals surface area contributed by atoms with Crippen LogP contribution >= 0.6 is 28.6 Å². The second-order valence-corrected chi connectivity index (χ2v) is 10.1. The minimum Gasteiger partial charge on any atom is -0.300 e. The van der Waals surface area contributed by atoms with Gasteiger partial charge in [-0.1, -0.05) is 18.2 Å². The average molecular weight is 406 g/mol. The number of benzene rings is 1. The molecule has 3 N–H and O–H groups in total. The van der Waals surface area contributed by atoms with E-state index in [0.29, 0.717) is 5.56 Å². The van der Waals surface area contributed by atoms with Gasteiger partial charge in [0, 0.05) is 34.2 Å². The van der Waals surface area contributed by atoms with Gasteiger partial charge in [-0.25, -0.2) is 4.99 Å². The summed E-state index contributed by atoms with van der Waals surface area (Å²) >= 11 is 1.79. The van der Waals surface area contributed by atoms with Crippen molar-refractivity contribution in [1.29, 1.82) is 0 Å². The summed E-state index contributed by atoms with van der Waals surface area (Å²) in [6.45, 7) is 1.51. The number of hydrogen-bond donors (Lipinski definition) is 2. The van der Waals surface area contributed by atoms with E-state index < -0.39 is 12.3 Å². The molecule has 0 radical (unpaired) electrons. The summed E-state index contributed by atoms with van der Waals surface area (Å²) in [4.78, 5) is 26.6. The number of nitrogens with two attached hydrogens (primary N) is 1. The Morgan fingerprint density at radius 3 is 2.55 bits per heavy atom. The molecule has 1 amide bonds. The van der Waals surface area contributed by atoms with Gasteiger partial charge in [0.1, 0.15) is 5.70 Å². The Bertz CT molecular complexity index is 642. The molecule has 0 aliphatic carbocycles. The quantitative estimate of drug-likeness (QED) is 0.446. The van der Waals surface area contributed by atoms with E-state index in [1.54, 1.807) is 51.5 Å². The molecule has 0 aromatic heterocycles. The smallest absolute Gasteiger partial charge is 0.300 e. The maximum Gasteiger partial charge on any atom is 0.334 e. The molecule has 0 fully saturated rings. The predicted octanol–water partition coefficient (Wildman–Crippen LogP) is 2.28. The number of allylic oxidation sites excluding steroid dienone is 1. The van der Waals surface area contributed by atoms with Crippen LogP contribution in [0.2, 0.25) is 0 Å². The standard InChI is InChI=1S/C11H11IN4O3S/c1-7-10(16(18)19)20(12,13)11(14-7)15-9(17)8-5-3-2-4-6-8/h2-6H,13H2,1H3,(H,14,15,17). The van der Waals surface area contributed by atoms with Gasteiger partial charge in [-0.15, -0.1) is 0 Å². The second kappa shape index (κ2) is 5.50. The number of amidine groups is 1. The molecule has 106 valence electrons. The van der Waals surface area contributed by atoms with Crippen molar-refractivity contribution in [2.45, 2.75) is 6.92 Å². The molecule has 1 unspecified atom stereocenters. The van der Waals surface area contributed by atoms with Crippen molar-refractivity contribution in [3.05, 3.63) is 56.7 Å². The van der Waals surface area contributed by atoms with Gasteiger partial charge in [-0.2, -0.15) is 0 Å². The SMILES string of the molecule is CC1=C([N+](=O)[O-])S(N)(I)C(NC(=O)c2ccccc2)=N1. The normalized spacial score (nSPS) is 24.9. The van der Waals surface area contributed by atoms with Crippen LogP contribution in [-0.4, -0.2) is 16.0 Å². The topological polar surface area (TPSA) is 111 Å². The van der Waals surface area contributed by atoms with Gasteiger partial charge in [-0.05, 0) is 19.1 Å². The van der Waals surface area contributed by atoms with E-state index in [-0.39, 0.29) is 21.8 Å². The van der Waals surface area contributed by atoms with Gasteiger partial charge in [0.15, 0.2) is 5.17 Å². The Kier molecular flexibility index (Phi) is 4.11. The van der Waals surface area contributed by atoms with E-state index in [1.165, 1.54) is 6.92 Å². The van der Waals surface area contributed by atoms with E-state index in [9.17, 15) is 14.9 Å². The van der Waals surface area contributed by atoms with Crippen molar-refractivity contribution in [3.63, 3.8) is 0 Å². The van der Waals surface area contributed by atoms with Crippen LogP contribution in [0, 0.1) is 10.1 Å². The third kappa shape index (κ3) is 2.69. The number of hydrogen-bond acceptors (Lipinski definition) is 5. The van der Waals surface area contributed by atoms with E-state index >= 15 is 0 Å². The maximum atomic E-state index is 12.0. The number of nitrogens with one attached hydrogen (secondary N) is 1. The van der Waals surface area contributed by atoms with Crippen LogP contribution < -0.4 is 10.5 Å². The minimum atomic E-state index is -2.41. The molecule has 1 aromatic rings. The molecule has 9 heteroatoms. The molecule has 2 rings (SSSR count). The number of rotatable bonds is 2. The van der Waals surface area contributed by atoms with Gasteiger partial charge >= 0.3 is 5.03 Å². The summed E-state index contributed by atoms with van der Waals surface area (Å²) in [6, 6.07) is 8.52. The number of halogens is 1. The highest BCUT2D eigenvalue weighted by Gasteiger charge is 2.44. The van der Waals surface area contributed by atoms with Crippen molar-refractivity contribution in [2.75, 3.05) is 0 Å². The summed E-state index contributed by atoms with van der Waals surface area (Å²) in [7, 11) is -2.41. The third-order valence-corrected chi connectivity index (χ3v) is 6.83. The first kappa shape index (κ1) is 14.9. The monoisotopic (exact) mass is 406 g/mol. The Balaban J connectivity index is 2.23. The molecule has 1 heterocycles. The fourth-order valence-electron chi connectivity index (χ4n) is 1.67. The molecule has 0 saturated heterocycles. The number of nitro groups is 1. The van der Waals surface area contributed by atoms with Crippen molar-refractivity contribution in [3.8, 4) is 0 Å². The van der Waals surface area contributed by atoms with Crippen LogP contribution in [0.1, 0.15) is 17.3 Å². The molecule has 1 atom stereocenters. The Morgan fingerprint density at radius 2 is 2.05 bits per heavy atom. The van der Waals surface area contributed by atoms with Gasteiger partial charge < -0.3 is 5.32 Å². The van der Waals surface area contributed by atoms with Gasteiger partial charge in [0.05, 0.1) is 4.92 Å². The first-order chi connectivity index (χ1) is 9.34. The largest absolute Gasteiger partial charge is 0.334 e. The fraction of sp³-hybridized carbons (Fsp3) is 0.0909. The van der Waals surface area contributed by atoms with Crippen LogP contribution in [0.25, 0.3) is 0 Å². The van der Waals surface area contributed by atoms with Gasteiger partial charge in [0.25, 0.3) is 5.91 Å². The lowest BCUT2D eigenvalue weighted by atomic mass is 10.2.